The van der Waals surface area contributed by atoms with Crippen LogP contribution in [-0.2, 0) is 4.79 Å². The number of carbonyl (C=O) groups excluding carboxylic acids is 2. The van der Waals surface area contributed by atoms with Crippen molar-refractivity contribution in [3.05, 3.63) is 48.3 Å². The van der Waals surface area contributed by atoms with Crippen LogP contribution in [0.4, 0.5) is 30.6 Å². The van der Waals surface area contributed by atoms with Gasteiger partial charge in [0.1, 0.15) is 17.7 Å². The predicted octanol–water partition coefficient (Wildman–Crippen LogP) is 2.09. The Bertz CT molecular complexity index is 1100. The Hall–Kier alpha value is -3.96. The maximum absolute atomic E-state index is 12.7. The number of alkyl halides is 3. The SMILES string of the molecule is NC(=O)c1ncc(NC(CC(F)(F)F)C(N)=O)nc1Nc1ccc2ccccc2n1. The molecule has 1 aromatic carbocycles. The number of rotatable bonds is 7. The molecular weight excluding hydrogens is 403 g/mol. The Morgan fingerprint density at radius 3 is 2.43 bits per heavy atom. The van der Waals surface area contributed by atoms with E-state index < -0.39 is 30.5 Å². The van der Waals surface area contributed by atoms with Crippen molar-refractivity contribution in [3.63, 3.8) is 0 Å². The Morgan fingerprint density at radius 1 is 1.03 bits per heavy atom. The third-order valence-electron chi connectivity index (χ3n) is 3.95. The molecule has 2 amide bonds. The number of nitrogens with two attached hydrogens (primary N) is 2. The fourth-order valence-corrected chi connectivity index (χ4v) is 2.62. The number of nitrogens with one attached hydrogen (secondary N) is 2. The molecule has 2 heterocycles. The summed E-state index contributed by atoms with van der Waals surface area (Å²) in [6.45, 7) is 0. The number of anilines is 3. The van der Waals surface area contributed by atoms with Gasteiger partial charge in [0.25, 0.3) is 5.91 Å². The summed E-state index contributed by atoms with van der Waals surface area (Å²) in [6, 6.07) is 8.89. The van der Waals surface area contributed by atoms with Crippen LogP contribution in [0, 0.1) is 0 Å². The van der Waals surface area contributed by atoms with Gasteiger partial charge in [-0.3, -0.25) is 9.59 Å². The lowest BCUT2D eigenvalue weighted by atomic mass is 10.2. The number of fused-ring (bicyclic) bond motifs is 1. The van der Waals surface area contributed by atoms with Crippen molar-refractivity contribution in [3.8, 4) is 0 Å². The molecule has 2 aromatic heterocycles. The van der Waals surface area contributed by atoms with E-state index in [1.807, 2.05) is 12.1 Å². The molecule has 9 nitrogen and oxygen atoms in total. The number of carbonyl (C=O) groups is 2. The number of para-hydroxylation sites is 1. The zero-order chi connectivity index (χ0) is 21.9. The first kappa shape index (κ1) is 20.8. The van der Waals surface area contributed by atoms with E-state index in [-0.39, 0.29) is 17.3 Å². The van der Waals surface area contributed by atoms with Crippen LogP contribution in [0.15, 0.2) is 42.6 Å². The summed E-state index contributed by atoms with van der Waals surface area (Å²) < 4.78 is 38.0. The normalized spacial score (nSPS) is 12.4. The lowest BCUT2D eigenvalue weighted by Crippen LogP contribution is -2.39. The molecule has 0 fully saturated rings. The highest BCUT2D eigenvalue weighted by atomic mass is 19.4. The Morgan fingerprint density at radius 2 is 1.77 bits per heavy atom. The summed E-state index contributed by atoms with van der Waals surface area (Å²) in [5, 5.41) is 5.92. The smallest absolute Gasteiger partial charge is 0.368 e. The average Bonchev–Trinajstić information content (AvgIpc) is 2.66. The number of amides is 2. The van der Waals surface area contributed by atoms with E-state index >= 15 is 0 Å². The number of hydrogen-bond donors (Lipinski definition) is 4. The van der Waals surface area contributed by atoms with E-state index in [9.17, 15) is 22.8 Å². The van der Waals surface area contributed by atoms with Crippen LogP contribution < -0.4 is 22.1 Å². The third kappa shape index (κ3) is 5.10. The number of primary amides is 2. The molecule has 3 aromatic rings. The highest BCUT2D eigenvalue weighted by Crippen LogP contribution is 2.24. The maximum Gasteiger partial charge on any atom is 0.391 e. The molecule has 156 valence electrons. The zero-order valence-electron chi connectivity index (χ0n) is 15.3. The summed E-state index contributed by atoms with van der Waals surface area (Å²) in [4.78, 5) is 35.2. The van der Waals surface area contributed by atoms with Gasteiger partial charge in [0.05, 0.1) is 18.1 Å². The number of pyridine rings is 1. The summed E-state index contributed by atoms with van der Waals surface area (Å²) >= 11 is 0. The van der Waals surface area contributed by atoms with Crippen LogP contribution in [0.3, 0.4) is 0 Å². The van der Waals surface area contributed by atoms with Gasteiger partial charge in [-0.15, -0.1) is 0 Å². The van der Waals surface area contributed by atoms with Crippen molar-refractivity contribution >= 4 is 40.2 Å². The van der Waals surface area contributed by atoms with Gasteiger partial charge in [-0.25, -0.2) is 15.0 Å². The van der Waals surface area contributed by atoms with Gasteiger partial charge in [-0.05, 0) is 18.2 Å². The molecule has 1 atom stereocenters. The molecule has 0 spiro atoms. The van der Waals surface area contributed by atoms with E-state index in [0.29, 0.717) is 11.3 Å². The Labute approximate surface area is 167 Å². The van der Waals surface area contributed by atoms with Crippen molar-refractivity contribution in [2.75, 3.05) is 10.6 Å². The van der Waals surface area contributed by atoms with Crippen LogP contribution in [-0.4, -0.2) is 39.0 Å². The average molecular weight is 419 g/mol. The van der Waals surface area contributed by atoms with E-state index in [0.717, 1.165) is 11.6 Å². The van der Waals surface area contributed by atoms with E-state index in [2.05, 4.69) is 25.6 Å². The molecule has 0 aliphatic heterocycles. The van der Waals surface area contributed by atoms with Crippen LogP contribution in [0.1, 0.15) is 16.9 Å². The lowest BCUT2D eigenvalue weighted by molar-refractivity contribution is -0.144. The van der Waals surface area contributed by atoms with Crippen LogP contribution in [0.5, 0.6) is 0 Å². The number of hydrogen-bond acceptors (Lipinski definition) is 7. The second-order valence-corrected chi connectivity index (χ2v) is 6.25. The number of nitrogens with zero attached hydrogens (tertiary/aromatic N) is 3. The molecule has 0 bridgehead atoms. The minimum absolute atomic E-state index is 0.148. The van der Waals surface area contributed by atoms with Gasteiger partial charge >= 0.3 is 6.18 Å². The van der Waals surface area contributed by atoms with Crippen LogP contribution in [0.25, 0.3) is 10.9 Å². The Balaban J connectivity index is 1.92. The van der Waals surface area contributed by atoms with Gasteiger partial charge in [0.2, 0.25) is 5.91 Å². The van der Waals surface area contributed by atoms with Crippen LogP contribution >= 0.6 is 0 Å². The molecular formula is C18H16F3N7O2. The van der Waals surface area contributed by atoms with Gasteiger partial charge in [-0.1, -0.05) is 18.2 Å². The first-order chi connectivity index (χ1) is 14.1. The second kappa shape index (κ2) is 8.19. The second-order valence-electron chi connectivity index (χ2n) is 6.25. The molecule has 1 unspecified atom stereocenters. The topological polar surface area (TPSA) is 149 Å². The fourth-order valence-electron chi connectivity index (χ4n) is 2.62. The summed E-state index contributed by atoms with van der Waals surface area (Å²) in [5.74, 6) is -2.20. The van der Waals surface area contributed by atoms with E-state index in [4.69, 9.17) is 11.5 Å². The molecule has 0 saturated heterocycles. The van der Waals surface area contributed by atoms with E-state index in [1.54, 1.807) is 24.3 Å². The Kier molecular flexibility index (Phi) is 5.67. The largest absolute Gasteiger partial charge is 0.391 e. The van der Waals surface area contributed by atoms with Crippen molar-refractivity contribution < 1.29 is 22.8 Å². The molecule has 0 saturated carbocycles. The maximum atomic E-state index is 12.7. The fraction of sp³-hybridized carbons (Fsp3) is 0.167. The first-order valence-corrected chi connectivity index (χ1v) is 8.54. The molecule has 3 rings (SSSR count). The molecule has 6 N–H and O–H groups in total. The van der Waals surface area contributed by atoms with Crippen molar-refractivity contribution in [2.45, 2.75) is 18.6 Å². The monoisotopic (exact) mass is 419 g/mol. The van der Waals surface area contributed by atoms with Crippen molar-refractivity contribution in [1.29, 1.82) is 0 Å². The standard InChI is InChI=1S/C18H16F3N7O2/c19-18(20,21)7-11(15(22)29)26-13-8-24-14(16(23)30)17(28-13)27-12-6-5-9-3-1-2-4-10(9)25-12/h1-6,8,11H,7H2,(H2,22,29)(H2,23,30)(H2,25,26,27,28). The summed E-state index contributed by atoms with van der Waals surface area (Å²) in [6.07, 6.45) is -5.16. The molecule has 0 radical (unpaired) electrons. The highest BCUT2D eigenvalue weighted by molar-refractivity contribution is 5.96. The van der Waals surface area contributed by atoms with Crippen molar-refractivity contribution in [1.82, 2.24) is 15.0 Å². The lowest BCUT2D eigenvalue weighted by Gasteiger charge is -2.18. The first-order valence-electron chi connectivity index (χ1n) is 8.54. The van der Waals surface area contributed by atoms with Crippen molar-refractivity contribution in [2.24, 2.45) is 11.5 Å². The van der Waals surface area contributed by atoms with Gasteiger partial charge in [0.15, 0.2) is 11.5 Å². The molecule has 12 heteroatoms. The molecule has 0 aliphatic rings. The van der Waals surface area contributed by atoms with Gasteiger partial charge < -0.3 is 22.1 Å². The number of benzene rings is 1. The van der Waals surface area contributed by atoms with Gasteiger partial charge in [0, 0.05) is 5.39 Å². The molecule has 30 heavy (non-hydrogen) atoms. The number of halogens is 3. The minimum Gasteiger partial charge on any atom is -0.368 e. The number of aromatic nitrogens is 3. The quantitative estimate of drug-likeness (QED) is 0.458. The van der Waals surface area contributed by atoms with E-state index in [1.165, 1.54) is 0 Å². The molecule has 0 aliphatic carbocycles. The minimum atomic E-state index is -4.64. The third-order valence-corrected chi connectivity index (χ3v) is 3.95. The summed E-state index contributed by atoms with van der Waals surface area (Å²) in [7, 11) is 0. The predicted molar refractivity (Wildman–Crippen MR) is 103 cm³/mol. The van der Waals surface area contributed by atoms with Crippen LogP contribution in [0.2, 0.25) is 0 Å². The van der Waals surface area contributed by atoms with Gasteiger partial charge in [-0.2, -0.15) is 13.2 Å². The highest BCUT2D eigenvalue weighted by Gasteiger charge is 2.35. The summed E-state index contributed by atoms with van der Waals surface area (Å²) in [5.41, 5.74) is 10.7. The zero-order valence-corrected chi connectivity index (χ0v) is 15.3.